The molecule has 0 saturated heterocycles. The van der Waals surface area contributed by atoms with Gasteiger partial charge < -0.3 is 10.3 Å². The van der Waals surface area contributed by atoms with Gasteiger partial charge in [-0.25, -0.2) is 9.37 Å². The van der Waals surface area contributed by atoms with Crippen LogP contribution in [0, 0.1) is 12.7 Å². The summed E-state index contributed by atoms with van der Waals surface area (Å²) in [4.78, 5) is 4.21. The summed E-state index contributed by atoms with van der Waals surface area (Å²) in [6.45, 7) is 1.96. The summed E-state index contributed by atoms with van der Waals surface area (Å²) in [6.07, 6.45) is 4.20. The monoisotopic (exact) mass is 233 g/mol. The van der Waals surface area contributed by atoms with Gasteiger partial charge in [-0.1, -0.05) is 6.07 Å². The van der Waals surface area contributed by atoms with E-state index in [9.17, 15) is 4.39 Å². The number of nitrogens with zero attached hydrogens (tertiary/aromatic N) is 2. The number of halogens is 1. The van der Waals surface area contributed by atoms with Crippen molar-refractivity contribution >= 4 is 0 Å². The largest absolute Gasteiger partial charge is 0.340 e. The number of aryl methyl sites for hydroxylation is 2. The molecule has 0 fully saturated rings. The minimum absolute atomic E-state index is 0.198. The summed E-state index contributed by atoms with van der Waals surface area (Å²) in [7, 11) is 1.90. The molecule has 1 aromatic carbocycles. The van der Waals surface area contributed by atoms with E-state index in [1.807, 2.05) is 24.7 Å². The molecule has 0 aliphatic carbocycles. The third kappa shape index (κ3) is 2.71. The van der Waals surface area contributed by atoms with Gasteiger partial charge in [0.15, 0.2) is 0 Å². The average molecular weight is 233 g/mol. The average Bonchev–Trinajstić information content (AvgIpc) is 2.70. The Labute approximate surface area is 100 Å². The van der Waals surface area contributed by atoms with E-state index < -0.39 is 0 Å². The molecule has 0 saturated carbocycles. The van der Waals surface area contributed by atoms with Crippen LogP contribution in [0.2, 0.25) is 0 Å². The number of hydrogen-bond acceptors (Lipinski definition) is 2. The van der Waals surface area contributed by atoms with E-state index in [1.54, 1.807) is 12.4 Å². The Morgan fingerprint density at radius 1 is 1.47 bits per heavy atom. The highest BCUT2D eigenvalue weighted by molar-refractivity contribution is 5.28. The molecule has 1 unspecified atom stereocenters. The Balaban J connectivity index is 2.18. The summed E-state index contributed by atoms with van der Waals surface area (Å²) >= 11 is 0. The summed E-state index contributed by atoms with van der Waals surface area (Å²) in [5.74, 6) is -0.223. The Bertz CT molecular complexity index is 519. The molecule has 4 heteroatoms. The molecule has 2 rings (SSSR count). The molecule has 2 N–H and O–H groups in total. The molecule has 2 aromatic rings. The van der Waals surface area contributed by atoms with Crippen molar-refractivity contribution in [3.8, 4) is 0 Å². The smallest absolute Gasteiger partial charge is 0.123 e. The quantitative estimate of drug-likeness (QED) is 0.882. The molecule has 3 nitrogen and oxygen atoms in total. The highest BCUT2D eigenvalue weighted by Crippen LogP contribution is 2.18. The molecule has 1 aromatic heterocycles. The first kappa shape index (κ1) is 11.8. The van der Waals surface area contributed by atoms with Gasteiger partial charge in [-0.2, -0.15) is 0 Å². The van der Waals surface area contributed by atoms with E-state index in [4.69, 9.17) is 5.73 Å². The lowest BCUT2D eigenvalue weighted by Gasteiger charge is -2.11. The normalized spacial score (nSPS) is 12.7. The van der Waals surface area contributed by atoms with Crippen LogP contribution in [0.25, 0.3) is 0 Å². The van der Waals surface area contributed by atoms with Crippen molar-refractivity contribution in [1.82, 2.24) is 9.55 Å². The maximum Gasteiger partial charge on any atom is 0.123 e. The molecule has 0 amide bonds. The van der Waals surface area contributed by atoms with Gasteiger partial charge >= 0.3 is 0 Å². The van der Waals surface area contributed by atoms with Gasteiger partial charge in [0.2, 0.25) is 0 Å². The van der Waals surface area contributed by atoms with E-state index in [0.717, 1.165) is 16.8 Å². The Hall–Kier alpha value is -1.68. The molecule has 0 radical (unpaired) electrons. The second-order valence-electron chi connectivity index (χ2n) is 4.35. The molecular formula is C13H16FN3. The minimum Gasteiger partial charge on any atom is -0.340 e. The molecular weight excluding hydrogens is 217 g/mol. The van der Waals surface area contributed by atoms with Gasteiger partial charge in [-0.05, 0) is 36.6 Å². The number of benzene rings is 1. The fourth-order valence-electron chi connectivity index (χ4n) is 1.83. The summed E-state index contributed by atoms with van der Waals surface area (Å²) in [5, 5.41) is 0. The van der Waals surface area contributed by atoms with Crippen molar-refractivity contribution in [1.29, 1.82) is 0 Å². The maximum atomic E-state index is 13.1. The number of rotatable bonds is 3. The van der Waals surface area contributed by atoms with Gasteiger partial charge in [0.25, 0.3) is 0 Å². The summed E-state index contributed by atoms with van der Waals surface area (Å²) in [5.41, 5.74) is 8.88. The van der Waals surface area contributed by atoms with Crippen LogP contribution in [0.15, 0.2) is 30.7 Å². The van der Waals surface area contributed by atoms with Crippen molar-refractivity contribution < 1.29 is 4.39 Å². The van der Waals surface area contributed by atoms with Crippen molar-refractivity contribution in [2.45, 2.75) is 19.4 Å². The predicted molar refractivity (Wildman–Crippen MR) is 65.0 cm³/mol. The molecule has 1 heterocycles. The molecule has 17 heavy (non-hydrogen) atoms. The van der Waals surface area contributed by atoms with Crippen LogP contribution in [-0.4, -0.2) is 9.55 Å². The molecule has 1 atom stereocenters. The van der Waals surface area contributed by atoms with Gasteiger partial charge in [-0.3, -0.25) is 0 Å². The summed E-state index contributed by atoms with van der Waals surface area (Å²) in [6, 6.07) is 4.58. The van der Waals surface area contributed by atoms with Gasteiger partial charge in [-0.15, -0.1) is 0 Å². The minimum atomic E-state index is -0.223. The van der Waals surface area contributed by atoms with E-state index >= 15 is 0 Å². The molecule has 0 bridgehead atoms. The van der Waals surface area contributed by atoms with Crippen molar-refractivity contribution in [2.75, 3.05) is 0 Å². The molecule has 0 spiro atoms. The second-order valence-corrected chi connectivity index (χ2v) is 4.35. The zero-order chi connectivity index (χ0) is 12.4. The summed E-state index contributed by atoms with van der Waals surface area (Å²) < 4.78 is 15.0. The highest BCUT2D eigenvalue weighted by Gasteiger charge is 2.11. The van der Waals surface area contributed by atoms with Crippen LogP contribution in [-0.2, 0) is 13.5 Å². The first-order valence-electron chi connectivity index (χ1n) is 5.54. The van der Waals surface area contributed by atoms with Crippen LogP contribution in [0.4, 0.5) is 4.39 Å². The lowest BCUT2D eigenvalue weighted by atomic mass is 10.00. The zero-order valence-corrected chi connectivity index (χ0v) is 10.0. The maximum absolute atomic E-state index is 13.1. The van der Waals surface area contributed by atoms with Crippen LogP contribution in [0.5, 0.6) is 0 Å². The van der Waals surface area contributed by atoms with E-state index in [0.29, 0.717) is 6.42 Å². The topological polar surface area (TPSA) is 43.8 Å². The standard InChI is InChI=1S/C13H16FN3/c1-9-3-4-11(14)5-10(9)6-12(15)13-7-17(2)8-16-13/h3-5,7-8,12H,6,15H2,1-2H3. The third-order valence-electron chi connectivity index (χ3n) is 2.86. The fraction of sp³-hybridized carbons (Fsp3) is 0.308. The zero-order valence-electron chi connectivity index (χ0n) is 10.0. The molecule has 90 valence electrons. The van der Waals surface area contributed by atoms with Crippen LogP contribution >= 0.6 is 0 Å². The Kier molecular flexibility index (Phi) is 3.24. The third-order valence-corrected chi connectivity index (χ3v) is 2.86. The fourth-order valence-corrected chi connectivity index (χ4v) is 1.83. The first-order valence-corrected chi connectivity index (χ1v) is 5.54. The van der Waals surface area contributed by atoms with Crippen LogP contribution < -0.4 is 5.73 Å². The number of nitrogens with two attached hydrogens (primary N) is 1. The number of aromatic nitrogens is 2. The van der Waals surface area contributed by atoms with Crippen LogP contribution in [0.3, 0.4) is 0 Å². The SMILES string of the molecule is Cc1ccc(F)cc1CC(N)c1cn(C)cn1. The van der Waals surface area contributed by atoms with Crippen LogP contribution in [0.1, 0.15) is 22.9 Å². The molecule has 0 aliphatic heterocycles. The first-order chi connectivity index (χ1) is 8.06. The lowest BCUT2D eigenvalue weighted by Crippen LogP contribution is -2.14. The molecule has 0 aliphatic rings. The Morgan fingerprint density at radius 3 is 2.88 bits per heavy atom. The Morgan fingerprint density at radius 2 is 2.24 bits per heavy atom. The van der Waals surface area contributed by atoms with E-state index in [-0.39, 0.29) is 11.9 Å². The van der Waals surface area contributed by atoms with Crippen molar-refractivity contribution in [2.24, 2.45) is 12.8 Å². The highest BCUT2D eigenvalue weighted by atomic mass is 19.1. The predicted octanol–water partition coefficient (Wildman–Crippen LogP) is 2.11. The number of imidazole rings is 1. The van der Waals surface area contributed by atoms with Gasteiger partial charge in [0.1, 0.15) is 5.82 Å². The van der Waals surface area contributed by atoms with Crippen molar-refractivity contribution in [3.63, 3.8) is 0 Å². The van der Waals surface area contributed by atoms with Gasteiger partial charge in [0, 0.05) is 13.2 Å². The van der Waals surface area contributed by atoms with Gasteiger partial charge in [0.05, 0.1) is 18.1 Å². The second kappa shape index (κ2) is 4.67. The van der Waals surface area contributed by atoms with E-state index in [2.05, 4.69) is 4.98 Å². The lowest BCUT2D eigenvalue weighted by molar-refractivity contribution is 0.620. The van der Waals surface area contributed by atoms with Crippen molar-refractivity contribution in [3.05, 3.63) is 53.4 Å². The van der Waals surface area contributed by atoms with E-state index in [1.165, 1.54) is 12.1 Å². The number of hydrogen-bond donors (Lipinski definition) is 1.